The smallest absolute Gasteiger partial charge is 0.227 e. The topological polar surface area (TPSA) is 29.3 Å². The summed E-state index contributed by atoms with van der Waals surface area (Å²) in [6, 6.07) is 16.7. The van der Waals surface area contributed by atoms with Crippen LogP contribution in [0.15, 0.2) is 46.9 Å². The number of hydrogen-bond acceptors (Lipinski definition) is 3. The fourth-order valence-corrected chi connectivity index (χ4v) is 1.84. The van der Waals surface area contributed by atoms with Gasteiger partial charge in [-0.25, -0.2) is 4.98 Å². The summed E-state index contributed by atoms with van der Waals surface area (Å²) in [5, 5.41) is 0. The number of nitrogens with zero attached hydrogens (tertiary/aromatic N) is 2. The summed E-state index contributed by atoms with van der Waals surface area (Å²) in [6.07, 6.45) is 0. The van der Waals surface area contributed by atoms with Crippen LogP contribution < -0.4 is 4.90 Å². The molecule has 0 saturated heterocycles. The van der Waals surface area contributed by atoms with Crippen LogP contribution >= 0.6 is 0 Å². The van der Waals surface area contributed by atoms with Gasteiger partial charge in [0, 0.05) is 25.3 Å². The van der Waals surface area contributed by atoms with E-state index >= 15 is 0 Å². The molecule has 18 heavy (non-hydrogen) atoms. The fraction of sp³-hybridized carbons (Fsp3) is 0.133. The molecular weight excluding hydrogens is 224 g/mol. The van der Waals surface area contributed by atoms with Crippen LogP contribution in [0.2, 0.25) is 0 Å². The summed E-state index contributed by atoms with van der Waals surface area (Å²) >= 11 is 0. The van der Waals surface area contributed by atoms with Gasteiger partial charge in [0.2, 0.25) is 5.89 Å². The van der Waals surface area contributed by atoms with Gasteiger partial charge in [0.15, 0.2) is 5.58 Å². The molecule has 3 nitrogen and oxygen atoms in total. The number of anilines is 1. The molecule has 0 aliphatic carbocycles. The Hall–Kier alpha value is -2.29. The van der Waals surface area contributed by atoms with Crippen molar-refractivity contribution in [3.8, 4) is 11.5 Å². The zero-order chi connectivity index (χ0) is 12.5. The van der Waals surface area contributed by atoms with E-state index in [4.69, 9.17) is 4.42 Å². The number of benzene rings is 2. The standard InChI is InChI=1S/C15H13N2O/c1-17(2)12-9-7-11(8-10-12)15-16-13-5-3-4-6-14(13)18-15/h4-10H,1-2H3. The lowest BCUT2D eigenvalue weighted by molar-refractivity contribution is 0.620. The maximum atomic E-state index is 5.71. The van der Waals surface area contributed by atoms with Crippen LogP contribution in [0.1, 0.15) is 0 Å². The number of oxazole rings is 1. The van der Waals surface area contributed by atoms with E-state index in [1.807, 2.05) is 44.4 Å². The van der Waals surface area contributed by atoms with Crippen molar-refractivity contribution < 1.29 is 4.42 Å². The lowest BCUT2D eigenvalue weighted by atomic mass is 10.2. The molecule has 0 unspecified atom stereocenters. The van der Waals surface area contributed by atoms with E-state index in [0.29, 0.717) is 5.89 Å². The summed E-state index contributed by atoms with van der Waals surface area (Å²) in [7, 11) is 4.04. The number of rotatable bonds is 2. The highest BCUT2D eigenvalue weighted by Gasteiger charge is 2.07. The molecule has 3 rings (SSSR count). The molecule has 3 aromatic rings. The van der Waals surface area contributed by atoms with Gasteiger partial charge in [-0.1, -0.05) is 6.07 Å². The molecule has 0 fully saturated rings. The molecule has 0 aliphatic rings. The summed E-state index contributed by atoms with van der Waals surface area (Å²) in [5.41, 5.74) is 3.77. The summed E-state index contributed by atoms with van der Waals surface area (Å²) < 4.78 is 5.71. The van der Waals surface area contributed by atoms with Crippen LogP contribution in [0.4, 0.5) is 5.69 Å². The predicted molar refractivity (Wildman–Crippen MR) is 72.6 cm³/mol. The first-order chi connectivity index (χ1) is 8.74. The van der Waals surface area contributed by atoms with Crippen LogP contribution in [0.5, 0.6) is 0 Å². The summed E-state index contributed by atoms with van der Waals surface area (Å²) in [5.74, 6) is 0.648. The molecule has 0 aliphatic heterocycles. The van der Waals surface area contributed by atoms with E-state index in [-0.39, 0.29) is 0 Å². The van der Waals surface area contributed by atoms with Crippen molar-refractivity contribution >= 4 is 16.8 Å². The minimum atomic E-state index is 0.648. The molecule has 0 saturated carbocycles. The summed E-state index contributed by atoms with van der Waals surface area (Å²) in [6.45, 7) is 0. The largest absolute Gasteiger partial charge is 0.436 e. The highest BCUT2D eigenvalue weighted by Crippen LogP contribution is 2.25. The molecule has 3 heteroatoms. The molecule has 0 bridgehead atoms. The van der Waals surface area contributed by atoms with Crippen molar-refractivity contribution in [2.45, 2.75) is 0 Å². The van der Waals surface area contributed by atoms with Crippen LogP contribution in [-0.2, 0) is 0 Å². The predicted octanol–water partition coefficient (Wildman–Crippen LogP) is 3.36. The number of aromatic nitrogens is 1. The van der Waals surface area contributed by atoms with Gasteiger partial charge < -0.3 is 9.32 Å². The Morgan fingerprint density at radius 2 is 1.89 bits per heavy atom. The Morgan fingerprint density at radius 3 is 2.56 bits per heavy atom. The van der Waals surface area contributed by atoms with Crippen molar-refractivity contribution in [3.63, 3.8) is 0 Å². The Balaban J connectivity index is 2.03. The van der Waals surface area contributed by atoms with Gasteiger partial charge in [0.05, 0.1) is 0 Å². The van der Waals surface area contributed by atoms with E-state index in [1.165, 1.54) is 0 Å². The van der Waals surface area contributed by atoms with Crippen molar-refractivity contribution in [1.29, 1.82) is 0 Å². The first-order valence-corrected chi connectivity index (χ1v) is 5.78. The van der Waals surface area contributed by atoms with Crippen LogP contribution in [0.25, 0.3) is 22.6 Å². The maximum Gasteiger partial charge on any atom is 0.227 e. The van der Waals surface area contributed by atoms with Crippen molar-refractivity contribution in [2.24, 2.45) is 0 Å². The Labute approximate surface area is 106 Å². The van der Waals surface area contributed by atoms with Gasteiger partial charge in [-0.3, -0.25) is 0 Å². The number of fused-ring (bicyclic) bond motifs is 1. The van der Waals surface area contributed by atoms with E-state index in [0.717, 1.165) is 22.4 Å². The lowest BCUT2D eigenvalue weighted by Gasteiger charge is -2.11. The lowest BCUT2D eigenvalue weighted by Crippen LogP contribution is -2.07. The second kappa shape index (κ2) is 4.18. The second-order valence-electron chi connectivity index (χ2n) is 4.35. The normalized spacial score (nSPS) is 10.8. The van der Waals surface area contributed by atoms with Crippen LogP contribution in [-0.4, -0.2) is 19.1 Å². The Kier molecular flexibility index (Phi) is 2.52. The zero-order valence-electron chi connectivity index (χ0n) is 10.3. The summed E-state index contributed by atoms with van der Waals surface area (Å²) in [4.78, 5) is 6.51. The Bertz CT molecular complexity index is 635. The zero-order valence-corrected chi connectivity index (χ0v) is 10.3. The van der Waals surface area contributed by atoms with Gasteiger partial charge >= 0.3 is 0 Å². The van der Waals surface area contributed by atoms with E-state index in [2.05, 4.69) is 28.1 Å². The van der Waals surface area contributed by atoms with Gasteiger partial charge in [-0.05, 0) is 42.5 Å². The minimum absolute atomic E-state index is 0.648. The molecule has 1 heterocycles. The number of hydrogen-bond donors (Lipinski definition) is 0. The highest BCUT2D eigenvalue weighted by atomic mass is 16.3. The van der Waals surface area contributed by atoms with E-state index < -0.39 is 0 Å². The van der Waals surface area contributed by atoms with Gasteiger partial charge in [-0.15, -0.1) is 0 Å². The molecule has 1 aromatic heterocycles. The van der Waals surface area contributed by atoms with Gasteiger partial charge in [0.25, 0.3) is 0 Å². The van der Waals surface area contributed by atoms with E-state index in [9.17, 15) is 0 Å². The monoisotopic (exact) mass is 237 g/mol. The fourth-order valence-electron chi connectivity index (χ4n) is 1.84. The average molecular weight is 237 g/mol. The average Bonchev–Trinajstić information content (AvgIpc) is 2.82. The third-order valence-electron chi connectivity index (χ3n) is 2.86. The third kappa shape index (κ3) is 1.84. The molecular formula is C15H13N2O. The maximum absolute atomic E-state index is 5.71. The molecule has 2 aromatic carbocycles. The molecule has 0 amide bonds. The molecule has 0 atom stereocenters. The Morgan fingerprint density at radius 1 is 1.11 bits per heavy atom. The van der Waals surface area contributed by atoms with Gasteiger partial charge in [0.1, 0.15) is 5.52 Å². The van der Waals surface area contributed by atoms with E-state index in [1.54, 1.807) is 0 Å². The first-order valence-electron chi connectivity index (χ1n) is 5.78. The highest BCUT2D eigenvalue weighted by molar-refractivity contribution is 5.76. The van der Waals surface area contributed by atoms with Crippen molar-refractivity contribution in [1.82, 2.24) is 4.98 Å². The molecule has 1 radical (unpaired) electrons. The first kappa shape index (κ1) is 10.8. The van der Waals surface area contributed by atoms with Crippen LogP contribution in [0.3, 0.4) is 0 Å². The quantitative estimate of drug-likeness (QED) is 0.684. The molecule has 0 spiro atoms. The molecule has 89 valence electrons. The molecule has 0 N–H and O–H groups in total. The minimum Gasteiger partial charge on any atom is -0.436 e. The van der Waals surface area contributed by atoms with Crippen molar-refractivity contribution in [2.75, 3.05) is 19.0 Å². The SMILES string of the molecule is CN(C)c1ccc(-c2nc3c[c]ccc3o2)cc1. The van der Waals surface area contributed by atoms with Crippen LogP contribution in [0, 0.1) is 6.07 Å². The third-order valence-corrected chi connectivity index (χ3v) is 2.86. The second-order valence-corrected chi connectivity index (χ2v) is 4.35. The van der Waals surface area contributed by atoms with Crippen molar-refractivity contribution in [3.05, 3.63) is 48.5 Å². The van der Waals surface area contributed by atoms with Gasteiger partial charge in [-0.2, -0.15) is 0 Å².